The van der Waals surface area contributed by atoms with Crippen LogP contribution in [0.4, 0.5) is 0 Å². The standard InChI is InChI=1S/C24H30BrNO4S/c1-5-30-24(28)20(14-16(2)3)26-23(27)22(31-21-9-7-6-8-19(21)25)15-17-10-12-18(29-4)13-11-17/h6-13,16,20,22H,5,14-15H2,1-4H3,(H,26,27). The number of rotatable bonds is 11. The molecule has 0 heterocycles. The first-order valence-corrected chi connectivity index (χ1v) is 12.0. The summed E-state index contributed by atoms with van der Waals surface area (Å²) in [6.07, 6.45) is 1.04. The second-order valence-electron chi connectivity index (χ2n) is 7.53. The summed E-state index contributed by atoms with van der Waals surface area (Å²) in [5.74, 6) is 0.432. The predicted octanol–water partition coefficient (Wildman–Crippen LogP) is 5.26. The van der Waals surface area contributed by atoms with Crippen molar-refractivity contribution in [3.8, 4) is 5.75 Å². The average Bonchev–Trinajstić information content (AvgIpc) is 2.74. The summed E-state index contributed by atoms with van der Waals surface area (Å²) in [6, 6.07) is 14.8. The van der Waals surface area contributed by atoms with Crippen LogP contribution in [-0.2, 0) is 20.7 Å². The summed E-state index contributed by atoms with van der Waals surface area (Å²) >= 11 is 5.03. The van der Waals surface area contributed by atoms with Gasteiger partial charge in [0, 0.05) is 9.37 Å². The molecule has 0 aliphatic heterocycles. The Hall–Kier alpha value is -1.99. The minimum Gasteiger partial charge on any atom is -0.497 e. The van der Waals surface area contributed by atoms with E-state index in [-0.39, 0.29) is 18.4 Å². The highest BCUT2D eigenvalue weighted by Crippen LogP contribution is 2.32. The molecule has 2 atom stereocenters. The van der Waals surface area contributed by atoms with E-state index in [2.05, 4.69) is 21.2 Å². The number of amides is 1. The van der Waals surface area contributed by atoms with Crippen molar-refractivity contribution in [2.45, 2.75) is 49.8 Å². The van der Waals surface area contributed by atoms with Crippen LogP contribution in [0, 0.1) is 5.92 Å². The molecule has 0 saturated carbocycles. The zero-order valence-corrected chi connectivity index (χ0v) is 20.8. The van der Waals surface area contributed by atoms with E-state index in [9.17, 15) is 9.59 Å². The number of ether oxygens (including phenoxy) is 2. The first-order valence-electron chi connectivity index (χ1n) is 10.3. The highest BCUT2D eigenvalue weighted by atomic mass is 79.9. The van der Waals surface area contributed by atoms with Crippen LogP contribution in [0.2, 0.25) is 0 Å². The predicted molar refractivity (Wildman–Crippen MR) is 129 cm³/mol. The Balaban J connectivity index is 2.24. The molecule has 0 spiro atoms. The molecule has 5 nitrogen and oxygen atoms in total. The fourth-order valence-corrected chi connectivity index (χ4v) is 4.71. The van der Waals surface area contributed by atoms with Crippen LogP contribution < -0.4 is 10.1 Å². The van der Waals surface area contributed by atoms with Crippen LogP contribution >= 0.6 is 27.7 Å². The van der Waals surface area contributed by atoms with E-state index >= 15 is 0 Å². The molecule has 2 unspecified atom stereocenters. The van der Waals surface area contributed by atoms with E-state index < -0.39 is 17.3 Å². The van der Waals surface area contributed by atoms with Crippen LogP contribution in [0.25, 0.3) is 0 Å². The summed E-state index contributed by atoms with van der Waals surface area (Å²) in [5.41, 5.74) is 1.01. The zero-order valence-electron chi connectivity index (χ0n) is 18.4. The Kier molecular flexibility index (Phi) is 10.4. The molecule has 0 saturated heterocycles. The highest BCUT2D eigenvalue weighted by molar-refractivity contribution is 9.10. The van der Waals surface area contributed by atoms with E-state index in [1.54, 1.807) is 14.0 Å². The largest absolute Gasteiger partial charge is 0.497 e. The van der Waals surface area contributed by atoms with E-state index in [0.717, 1.165) is 20.7 Å². The van der Waals surface area contributed by atoms with Gasteiger partial charge in [-0.15, -0.1) is 11.8 Å². The van der Waals surface area contributed by atoms with Crippen molar-refractivity contribution in [3.05, 3.63) is 58.6 Å². The van der Waals surface area contributed by atoms with Crippen LogP contribution in [-0.4, -0.2) is 36.9 Å². The Morgan fingerprint density at radius 2 is 1.77 bits per heavy atom. The Labute approximate surface area is 197 Å². The maximum atomic E-state index is 13.3. The molecule has 2 aromatic rings. The van der Waals surface area contributed by atoms with Crippen LogP contribution in [0.5, 0.6) is 5.75 Å². The lowest BCUT2D eigenvalue weighted by molar-refractivity contribution is -0.147. The molecule has 0 aromatic heterocycles. The Bertz CT molecular complexity index is 857. The van der Waals surface area contributed by atoms with Gasteiger partial charge in [0.05, 0.1) is 19.0 Å². The van der Waals surface area contributed by atoms with Gasteiger partial charge in [-0.2, -0.15) is 0 Å². The number of thioether (sulfide) groups is 1. The van der Waals surface area contributed by atoms with Gasteiger partial charge in [0.15, 0.2) is 0 Å². The summed E-state index contributed by atoms with van der Waals surface area (Å²) < 4.78 is 11.3. The molecular formula is C24H30BrNO4S. The van der Waals surface area contributed by atoms with E-state index in [1.807, 2.05) is 62.4 Å². The van der Waals surface area contributed by atoms with Crippen molar-refractivity contribution in [1.29, 1.82) is 0 Å². The van der Waals surface area contributed by atoms with Gasteiger partial charge in [0.1, 0.15) is 11.8 Å². The minimum atomic E-state index is -0.661. The van der Waals surface area contributed by atoms with Gasteiger partial charge < -0.3 is 14.8 Å². The smallest absolute Gasteiger partial charge is 0.328 e. The summed E-state index contributed by atoms with van der Waals surface area (Å²) in [7, 11) is 1.62. The third-order valence-corrected chi connectivity index (χ3v) is 6.80. The molecule has 168 valence electrons. The second kappa shape index (κ2) is 12.8. The number of nitrogens with one attached hydrogen (secondary N) is 1. The van der Waals surface area contributed by atoms with E-state index in [4.69, 9.17) is 9.47 Å². The van der Waals surface area contributed by atoms with E-state index in [1.165, 1.54) is 11.8 Å². The number of hydrogen-bond acceptors (Lipinski definition) is 5. The van der Waals surface area contributed by atoms with Gasteiger partial charge in [-0.3, -0.25) is 4.79 Å². The molecule has 0 bridgehead atoms. The molecule has 31 heavy (non-hydrogen) atoms. The third kappa shape index (κ3) is 8.22. The van der Waals surface area contributed by atoms with Gasteiger partial charge in [0.2, 0.25) is 5.91 Å². The van der Waals surface area contributed by atoms with Crippen molar-refractivity contribution in [1.82, 2.24) is 5.32 Å². The fourth-order valence-electron chi connectivity index (χ4n) is 3.05. The molecule has 2 rings (SSSR count). The maximum absolute atomic E-state index is 13.3. The summed E-state index contributed by atoms with van der Waals surface area (Å²) in [6.45, 7) is 6.08. The minimum absolute atomic E-state index is 0.185. The highest BCUT2D eigenvalue weighted by Gasteiger charge is 2.28. The number of hydrogen-bond donors (Lipinski definition) is 1. The number of carbonyl (C=O) groups is 2. The van der Waals surface area contributed by atoms with Gasteiger partial charge in [-0.1, -0.05) is 38.1 Å². The lowest BCUT2D eigenvalue weighted by Crippen LogP contribution is -2.46. The third-order valence-electron chi connectivity index (χ3n) is 4.57. The molecule has 0 aliphatic rings. The Morgan fingerprint density at radius 3 is 2.35 bits per heavy atom. The number of carbonyl (C=O) groups excluding carboxylic acids is 2. The second-order valence-corrected chi connectivity index (χ2v) is 9.63. The van der Waals surface area contributed by atoms with Crippen molar-refractivity contribution in [3.63, 3.8) is 0 Å². The van der Waals surface area contributed by atoms with Gasteiger partial charge >= 0.3 is 5.97 Å². The maximum Gasteiger partial charge on any atom is 0.328 e. The molecule has 1 N–H and O–H groups in total. The van der Waals surface area contributed by atoms with Crippen molar-refractivity contribution >= 4 is 39.6 Å². The van der Waals surface area contributed by atoms with Crippen LogP contribution in [0.3, 0.4) is 0 Å². The van der Waals surface area contributed by atoms with Gasteiger partial charge in [-0.25, -0.2) is 4.79 Å². The number of esters is 1. The lowest BCUT2D eigenvalue weighted by Gasteiger charge is -2.23. The lowest BCUT2D eigenvalue weighted by atomic mass is 10.0. The van der Waals surface area contributed by atoms with Crippen LogP contribution in [0.1, 0.15) is 32.8 Å². The molecular weight excluding hydrogens is 478 g/mol. The molecule has 7 heteroatoms. The molecule has 2 aromatic carbocycles. The normalized spacial score (nSPS) is 12.8. The quantitative estimate of drug-likeness (QED) is 0.332. The SMILES string of the molecule is CCOC(=O)C(CC(C)C)NC(=O)C(Cc1ccc(OC)cc1)Sc1ccccc1Br. The number of halogens is 1. The first-order chi connectivity index (χ1) is 14.8. The van der Waals surface area contributed by atoms with Crippen molar-refractivity contribution < 1.29 is 19.1 Å². The molecule has 1 amide bonds. The topological polar surface area (TPSA) is 64.6 Å². The first kappa shape index (κ1) is 25.3. The van der Waals surface area contributed by atoms with Gasteiger partial charge in [-0.05, 0) is 71.4 Å². The van der Waals surface area contributed by atoms with Gasteiger partial charge in [0.25, 0.3) is 0 Å². The fraction of sp³-hybridized carbons (Fsp3) is 0.417. The van der Waals surface area contributed by atoms with Crippen molar-refractivity contribution in [2.75, 3.05) is 13.7 Å². The summed E-state index contributed by atoms with van der Waals surface area (Å²) in [5, 5.41) is 2.52. The molecule has 0 radical (unpaired) electrons. The molecule has 0 fully saturated rings. The average molecular weight is 508 g/mol. The molecule has 0 aliphatic carbocycles. The Morgan fingerprint density at radius 1 is 1.10 bits per heavy atom. The number of methoxy groups -OCH3 is 1. The monoisotopic (exact) mass is 507 g/mol. The van der Waals surface area contributed by atoms with E-state index in [0.29, 0.717) is 12.8 Å². The van der Waals surface area contributed by atoms with Crippen LogP contribution in [0.15, 0.2) is 57.9 Å². The van der Waals surface area contributed by atoms with Crippen molar-refractivity contribution in [2.24, 2.45) is 5.92 Å². The summed E-state index contributed by atoms with van der Waals surface area (Å²) in [4.78, 5) is 26.7. The number of benzene rings is 2. The zero-order chi connectivity index (χ0) is 22.8.